The zero-order valence-electron chi connectivity index (χ0n) is 7.85. The second-order valence-corrected chi connectivity index (χ2v) is 4.70. The quantitative estimate of drug-likeness (QED) is 0.670. The van der Waals surface area contributed by atoms with Crippen molar-refractivity contribution in [3.63, 3.8) is 0 Å². The molecule has 0 spiro atoms. The SMILES string of the molecule is COCC(O)CN(C)S(=O)(=O)C(F)F. The number of aliphatic hydroxyl groups excluding tert-OH is 1. The summed E-state index contributed by atoms with van der Waals surface area (Å²) in [5.41, 5.74) is 0. The zero-order chi connectivity index (χ0) is 11.4. The molecule has 1 unspecified atom stereocenters. The third kappa shape index (κ3) is 3.82. The van der Waals surface area contributed by atoms with Crippen molar-refractivity contribution in [1.29, 1.82) is 0 Å². The standard InChI is InChI=1S/C6H13F2NO4S/c1-9(3-5(10)4-13-2)14(11,12)6(7)8/h5-6,10H,3-4H2,1-2H3. The molecule has 86 valence electrons. The second-order valence-electron chi connectivity index (χ2n) is 2.70. The summed E-state index contributed by atoms with van der Waals surface area (Å²) in [4.78, 5) is 0. The van der Waals surface area contributed by atoms with E-state index in [1.54, 1.807) is 0 Å². The minimum Gasteiger partial charge on any atom is -0.389 e. The maximum Gasteiger partial charge on any atom is 0.350 e. The third-order valence-corrected chi connectivity index (χ3v) is 2.95. The van der Waals surface area contributed by atoms with Gasteiger partial charge in [-0.1, -0.05) is 0 Å². The number of ether oxygens (including phenoxy) is 1. The molecule has 0 aliphatic rings. The first-order valence-electron chi connectivity index (χ1n) is 3.72. The lowest BCUT2D eigenvalue weighted by Crippen LogP contribution is -2.39. The number of hydrogen-bond acceptors (Lipinski definition) is 4. The number of hydrogen-bond donors (Lipinski definition) is 1. The lowest BCUT2D eigenvalue weighted by molar-refractivity contribution is 0.0543. The number of aliphatic hydroxyl groups is 1. The van der Waals surface area contributed by atoms with Crippen molar-refractivity contribution in [1.82, 2.24) is 4.31 Å². The average Bonchev–Trinajstić information content (AvgIpc) is 2.03. The van der Waals surface area contributed by atoms with Crippen molar-refractivity contribution < 1.29 is 27.0 Å². The molecule has 0 aliphatic carbocycles. The fourth-order valence-corrected chi connectivity index (χ4v) is 1.43. The summed E-state index contributed by atoms with van der Waals surface area (Å²) in [5.74, 6) is -3.47. The first-order chi connectivity index (χ1) is 6.32. The van der Waals surface area contributed by atoms with Crippen LogP contribution in [0.4, 0.5) is 8.78 Å². The predicted octanol–water partition coefficient (Wildman–Crippen LogP) is -0.522. The van der Waals surface area contributed by atoms with Gasteiger partial charge in [0, 0.05) is 20.7 Å². The number of likely N-dealkylation sites (N-methyl/N-ethyl adjacent to an activating group) is 1. The highest BCUT2D eigenvalue weighted by atomic mass is 32.2. The van der Waals surface area contributed by atoms with Crippen LogP contribution in [0, 0.1) is 0 Å². The van der Waals surface area contributed by atoms with E-state index in [2.05, 4.69) is 4.74 Å². The molecule has 0 aromatic rings. The Kier molecular flexibility index (Phi) is 5.42. The molecule has 0 aliphatic heterocycles. The van der Waals surface area contributed by atoms with Crippen LogP contribution in [0.1, 0.15) is 0 Å². The number of halogens is 2. The molecule has 5 nitrogen and oxygen atoms in total. The molecule has 0 amide bonds. The van der Waals surface area contributed by atoms with E-state index in [1.807, 2.05) is 0 Å². The van der Waals surface area contributed by atoms with Crippen LogP contribution < -0.4 is 0 Å². The normalized spacial score (nSPS) is 15.1. The molecule has 1 N–H and O–H groups in total. The molecule has 14 heavy (non-hydrogen) atoms. The van der Waals surface area contributed by atoms with E-state index >= 15 is 0 Å². The number of nitrogens with zero attached hydrogens (tertiary/aromatic N) is 1. The molecule has 0 heterocycles. The van der Waals surface area contributed by atoms with Crippen molar-refractivity contribution in [2.45, 2.75) is 11.9 Å². The predicted molar refractivity (Wildman–Crippen MR) is 45.4 cm³/mol. The van der Waals surface area contributed by atoms with Gasteiger partial charge < -0.3 is 9.84 Å². The maximum atomic E-state index is 12.0. The third-order valence-electron chi connectivity index (χ3n) is 1.49. The summed E-state index contributed by atoms with van der Waals surface area (Å²) in [6, 6.07) is 0. The van der Waals surface area contributed by atoms with Crippen molar-refractivity contribution in [3.8, 4) is 0 Å². The number of rotatable bonds is 6. The van der Waals surface area contributed by atoms with E-state index in [0.29, 0.717) is 4.31 Å². The Balaban J connectivity index is 4.28. The van der Waals surface area contributed by atoms with E-state index in [-0.39, 0.29) is 6.61 Å². The lowest BCUT2D eigenvalue weighted by atomic mass is 10.4. The number of alkyl halides is 2. The van der Waals surface area contributed by atoms with E-state index < -0.39 is 28.4 Å². The Morgan fingerprint density at radius 1 is 1.50 bits per heavy atom. The summed E-state index contributed by atoms with van der Waals surface area (Å²) in [6.07, 6.45) is -1.11. The van der Waals surface area contributed by atoms with Gasteiger partial charge in [0.15, 0.2) is 0 Å². The fourth-order valence-electron chi connectivity index (χ4n) is 0.782. The Morgan fingerprint density at radius 2 is 2.00 bits per heavy atom. The molecule has 0 fully saturated rings. The van der Waals surface area contributed by atoms with Gasteiger partial charge in [0.05, 0.1) is 12.7 Å². The molecule has 0 rings (SSSR count). The van der Waals surface area contributed by atoms with Crippen LogP contribution in [0.5, 0.6) is 0 Å². The van der Waals surface area contributed by atoms with E-state index in [1.165, 1.54) is 7.11 Å². The van der Waals surface area contributed by atoms with Crippen LogP contribution in [0.15, 0.2) is 0 Å². The molecular formula is C6H13F2NO4S. The van der Waals surface area contributed by atoms with Gasteiger partial charge in [0.1, 0.15) is 0 Å². The Bertz CT molecular complexity index is 257. The summed E-state index contributed by atoms with van der Waals surface area (Å²) >= 11 is 0. The molecule has 0 saturated carbocycles. The Hall–Kier alpha value is -0.310. The van der Waals surface area contributed by atoms with Gasteiger partial charge in [0.25, 0.3) is 10.0 Å². The van der Waals surface area contributed by atoms with Crippen LogP contribution in [-0.4, -0.2) is 57.0 Å². The van der Waals surface area contributed by atoms with Gasteiger partial charge in [-0.25, -0.2) is 8.42 Å². The van der Waals surface area contributed by atoms with Crippen LogP contribution in [-0.2, 0) is 14.8 Å². The molecule has 0 aromatic carbocycles. The highest BCUT2D eigenvalue weighted by Gasteiger charge is 2.30. The highest BCUT2D eigenvalue weighted by Crippen LogP contribution is 2.09. The average molecular weight is 233 g/mol. The van der Waals surface area contributed by atoms with Crippen LogP contribution in [0.2, 0.25) is 0 Å². The number of methoxy groups -OCH3 is 1. The van der Waals surface area contributed by atoms with Gasteiger partial charge in [-0.15, -0.1) is 0 Å². The van der Waals surface area contributed by atoms with Gasteiger partial charge in [-0.3, -0.25) is 0 Å². The van der Waals surface area contributed by atoms with Gasteiger partial charge in [-0.05, 0) is 0 Å². The molecule has 0 aromatic heterocycles. The van der Waals surface area contributed by atoms with E-state index in [0.717, 1.165) is 7.05 Å². The first kappa shape index (κ1) is 13.7. The fraction of sp³-hybridized carbons (Fsp3) is 1.00. The second kappa shape index (κ2) is 5.54. The molecule has 1 atom stereocenters. The molecule has 0 radical (unpaired) electrons. The molecule has 8 heteroatoms. The zero-order valence-corrected chi connectivity index (χ0v) is 8.67. The Morgan fingerprint density at radius 3 is 2.36 bits per heavy atom. The van der Waals surface area contributed by atoms with Crippen LogP contribution in [0.25, 0.3) is 0 Å². The molecular weight excluding hydrogens is 220 g/mol. The van der Waals surface area contributed by atoms with Crippen LogP contribution in [0.3, 0.4) is 0 Å². The van der Waals surface area contributed by atoms with Crippen molar-refractivity contribution in [2.24, 2.45) is 0 Å². The topological polar surface area (TPSA) is 66.8 Å². The summed E-state index contributed by atoms with van der Waals surface area (Å²) in [7, 11) is -2.32. The Labute approximate surface area is 81.3 Å². The summed E-state index contributed by atoms with van der Waals surface area (Å²) in [6.45, 7) is -0.524. The summed E-state index contributed by atoms with van der Waals surface area (Å²) < 4.78 is 50.4. The first-order valence-corrected chi connectivity index (χ1v) is 5.23. The molecule has 0 bridgehead atoms. The maximum absolute atomic E-state index is 12.0. The van der Waals surface area contributed by atoms with Crippen molar-refractivity contribution >= 4 is 10.0 Å². The monoisotopic (exact) mass is 233 g/mol. The van der Waals surface area contributed by atoms with E-state index in [9.17, 15) is 17.2 Å². The molecule has 0 saturated heterocycles. The lowest BCUT2D eigenvalue weighted by Gasteiger charge is -2.19. The summed E-state index contributed by atoms with van der Waals surface area (Å²) in [5, 5.41) is 9.09. The van der Waals surface area contributed by atoms with Crippen LogP contribution >= 0.6 is 0 Å². The highest BCUT2D eigenvalue weighted by molar-refractivity contribution is 7.89. The van der Waals surface area contributed by atoms with Crippen molar-refractivity contribution in [3.05, 3.63) is 0 Å². The minimum atomic E-state index is -4.61. The smallest absolute Gasteiger partial charge is 0.350 e. The largest absolute Gasteiger partial charge is 0.389 e. The number of sulfonamides is 1. The van der Waals surface area contributed by atoms with E-state index in [4.69, 9.17) is 5.11 Å². The minimum absolute atomic E-state index is 0.108. The van der Waals surface area contributed by atoms with Gasteiger partial charge >= 0.3 is 5.76 Å². The van der Waals surface area contributed by atoms with Gasteiger partial charge in [0.2, 0.25) is 0 Å². The van der Waals surface area contributed by atoms with Crippen molar-refractivity contribution in [2.75, 3.05) is 27.3 Å². The van der Waals surface area contributed by atoms with Gasteiger partial charge in [-0.2, -0.15) is 13.1 Å².